The summed E-state index contributed by atoms with van der Waals surface area (Å²) in [7, 11) is -4.28. The van der Waals surface area contributed by atoms with Gasteiger partial charge in [-0.15, -0.1) is 0 Å². The van der Waals surface area contributed by atoms with E-state index in [1.54, 1.807) is 18.2 Å². The molecule has 1 saturated heterocycles. The summed E-state index contributed by atoms with van der Waals surface area (Å²) in [5, 5.41) is 3.21. The zero-order chi connectivity index (χ0) is 31.0. The highest BCUT2D eigenvalue weighted by Gasteiger charge is 2.41. The van der Waals surface area contributed by atoms with E-state index in [-0.39, 0.29) is 27.6 Å². The van der Waals surface area contributed by atoms with Gasteiger partial charge in [-0.05, 0) is 94.8 Å². The second kappa shape index (κ2) is 11.8. The summed E-state index contributed by atoms with van der Waals surface area (Å²) in [6.07, 6.45) is 4.20. The molecule has 4 bridgehead atoms. The van der Waals surface area contributed by atoms with Crippen LogP contribution in [-0.2, 0) is 21.9 Å². The van der Waals surface area contributed by atoms with Crippen LogP contribution in [0, 0.1) is 5.92 Å². The summed E-state index contributed by atoms with van der Waals surface area (Å²) in [5.41, 5.74) is 8.09. The molecular formula is C32H43N7O3S. The summed E-state index contributed by atoms with van der Waals surface area (Å²) >= 11 is 0. The topological polar surface area (TPSA) is 143 Å². The number of hydrogen-bond acceptors (Lipinski definition) is 9. The number of amides is 1. The van der Waals surface area contributed by atoms with Crippen LogP contribution >= 0.6 is 0 Å². The molecule has 10 nitrogen and oxygen atoms in total. The molecule has 3 aromatic rings. The fraction of sp³-hybridized carbons (Fsp3) is 0.500. The number of pyridine rings is 3. The molecule has 3 aromatic heterocycles. The first-order chi connectivity index (χ1) is 20.3. The van der Waals surface area contributed by atoms with Crippen molar-refractivity contribution < 1.29 is 13.2 Å². The van der Waals surface area contributed by atoms with Crippen LogP contribution in [0.25, 0.3) is 0 Å². The maximum absolute atomic E-state index is 13.6. The van der Waals surface area contributed by atoms with Crippen LogP contribution in [0.5, 0.6) is 0 Å². The van der Waals surface area contributed by atoms with Crippen molar-refractivity contribution in [2.45, 2.75) is 88.7 Å². The number of carbonyl (C=O) groups excluding carboxylic acids is 1. The molecular weight excluding hydrogens is 562 g/mol. The average molecular weight is 606 g/mol. The van der Waals surface area contributed by atoms with E-state index in [1.807, 2.05) is 24.3 Å². The van der Waals surface area contributed by atoms with Gasteiger partial charge in [0.25, 0.3) is 15.9 Å². The summed E-state index contributed by atoms with van der Waals surface area (Å²) in [6.45, 7) is 11.8. The number of anilines is 2. The van der Waals surface area contributed by atoms with E-state index < -0.39 is 15.9 Å². The molecule has 0 aliphatic carbocycles. The molecule has 1 amide bonds. The number of sulfonamides is 1. The Balaban J connectivity index is 1.60. The monoisotopic (exact) mass is 605 g/mol. The number of nitrogens with zero attached hydrogens (tertiary/aromatic N) is 4. The highest BCUT2D eigenvalue weighted by molar-refractivity contribution is 7.90. The predicted octanol–water partition coefficient (Wildman–Crippen LogP) is 4.73. The number of nitrogens with one attached hydrogen (secondary N) is 2. The lowest BCUT2D eigenvalue weighted by Gasteiger charge is -2.34. The number of hydrogen-bond donors (Lipinski definition) is 3. The van der Waals surface area contributed by atoms with Gasteiger partial charge in [-0.2, -0.15) is 8.42 Å². The Kier molecular flexibility index (Phi) is 8.50. The molecule has 0 saturated carbocycles. The van der Waals surface area contributed by atoms with Gasteiger partial charge in [0.2, 0.25) is 0 Å². The third-order valence-corrected chi connectivity index (χ3v) is 9.57. The summed E-state index contributed by atoms with van der Waals surface area (Å²) < 4.78 is 29.2. The van der Waals surface area contributed by atoms with Crippen molar-refractivity contribution in [1.82, 2.24) is 19.7 Å². The van der Waals surface area contributed by atoms with Crippen LogP contribution in [0.15, 0.2) is 53.6 Å². The molecule has 5 heterocycles. The standard InChI is InChI=1S/C32H43N7O3S/c1-31(2,3)26-17-15-23-29(36-26)39-20-21(19-32(39,4)5)14-16-25(24-11-6-9-22(34-24)10-8-18-33)35-27-12-7-13-28(37-27)43(41,42)38-30(23)40/h6-7,9,11-13,15,17,21,25H,8,10,14,16,18-20,33H2,1-5H3,(H,35,37)(H,38,40)/t21-,25-/m0/s1. The summed E-state index contributed by atoms with van der Waals surface area (Å²) in [5.74, 6) is 0.500. The lowest BCUT2D eigenvalue weighted by Crippen LogP contribution is -2.41. The van der Waals surface area contributed by atoms with Crippen LogP contribution in [0.2, 0.25) is 0 Å². The Bertz CT molecular complexity index is 1600. The lowest BCUT2D eigenvalue weighted by atomic mass is 9.90. The Labute approximate surface area is 255 Å². The maximum Gasteiger partial charge on any atom is 0.281 e. The third-order valence-electron chi connectivity index (χ3n) is 8.34. The number of rotatable bonds is 4. The lowest BCUT2D eigenvalue weighted by molar-refractivity contribution is 0.0981. The van der Waals surface area contributed by atoms with Crippen molar-refractivity contribution in [2.24, 2.45) is 11.7 Å². The van der Waals surface area contributed by atoms with E-state index in [1.165, 1.54) is 6.07 Å². The minimum atomic E-state index is -4.28. The van der Waals surface area contributed by atoms with Crippen LogP contribution in [-0.4, -0.2) is 47.9 Å². The van der Waals surface area contributed by atoms with E-state index in [0.717, 1.165) is 49.2 Å². The number of carbonyl (C=O) groups is 1. The van der Waals surface area contributed by atoms with Crippen molar-refractivity contribution in [3.05, 3.63) is 71.2 Å². The van der Waals surface area contributed by atoms with E-state index >= 15 is 0 Å². The van der Waals surface area contributed by atoms with Crippen LogP contribution < -0.4 is 20.7 Å². The molecule has 11 heteroatoms. The van der Waals surface area contributed by atoms with Gasteiger partial charge in [0.15, 0.2) is 5.03 Å². The Hall–Kier alpha value is -3.57. The largest absolute Gasteiger partial charge is 0.362 e. The van der Waals surface area contributed by atoms with Crippen molar-refractivity contribution in [3.8, 4) is 0 Å². The zero-order valence-electron chi connectivity index (χ0n) is 25.7. The van der Waals surface area contributed by atoms with Gasteiger partial charge in [0.05, 0.1) is 17.3 Å². The Morgan fingerprint density at radius 3 is 2.53 bits per heavy atom. The third kappa shape index (κ3) is 6.83. The number of nitrogens with two attached hydrogens (primary N) is 1. The first kappa shape index (κ1) is 30.9. The highest BCUT2D eigenvalue weighted by Crippen LogP contribution is 2.41. The molecule has 0 spiro atoms. The molecule has 2 aliphatic rings. The molecule has 2 aliphatic heterocycles. The molecule has 2 atom stereocenters. The van der Waals surface area contributed by atoms with Gasteiger partial charge < -0.3 is 16.0 Å². The minimum Gasteiger partial charge on any atom is -0.362 e. The molecule has 5 rings (SSSR count). The van der Waals surface area contributed by atoms with E-state index in [0.29, 0.717) is 30.6 Å². The van der Waals surface area contributed by atoms with Crippen molar-refractivity contribution in [3.63, 3.8) is 0 Å². The van der Waals surface area contributed by atoms with E-state index in [9.17, 15) is 13.2 Å². The van der Waals surface area contributed by atoms with E-state index in [4.69, 9.17) is 15.7 Å². The Morgan fingerprint density at radius 1 is 1.02 bits per heavy atom. The normalized spacial score (nSPS) is 21.6. The molecule has 0 radical (unpaired) electrons. The Morgan fingerprint density at radius 2 is 1.79 bits per heavy atom. The first-order valence-corrected chi connectivity index (χ1v) is 16.5. The van der Waals surface area contributed by atoms with Gasteiger partial charge in [0, 0.05) is 28.9 Å². The first-order valence-electron chi connectivity index (χ1n) is 15.0. The smallest absolute Gasteiger partial charge is 0.281 e. The number of aryl methyl sites for hydroxylation is 1. The van der Waals surface area contributed by atoms with Gasteiger partial charge in [-0.3, -0.25) is 9.78 Å². The number of fused-ring (bicyclic) bond motifs is 6. The van der Waals surface area contributed by atoms with Crippen molar-refractivity contribution in [2.75, 3.05) is 23.3 Å². The zero-order valence-corrected chi connectivity index (χ0v) is 26.5. The molecule has 4 N–H and O–H groups in total. The van der Waals surface area contributed by atoms with Crippen LogP contribution in [0.1, 0.15) is 93.8 Å². The van der Waals surface area contributed by atoms with Gasteiger partial charge in [0.1, 0.15) is 11.6 Å². The van der Waals surface area contributed by atoms with Gasteiger partial charge >= 0.3 is 0 Å². The SMILES string of the molecule is CC(C)(C)c1ccc2c(n1)N1C[C@@H](CC[C@@H](c3cccc(CCCN)n3)Nc3cccc(n3)S(=O)(=O)NC2=O)CC1(C)C. The maximum atomic E-state index is 13.6. The van der Waals surface area contributed by atoms with E-state index in [2.05, 4.69) is 54.5 Å². The molecule has 43 heavy (non-hydrogen) atoms. The van der Waals surface area contributed by atoms with Crippen LogP contribution in [0.3, 0.4) is 0 Å². The highest BCUT2D eigenvalue weighted by atomic mass is 32.2. The average Bonchev–Trinajstić information content (AvgIpc) is 3.26. The molecule has 230 valence electrons. The summed E-state index contributed by atoms with van der Waals surface area (Å²) in [4.78, 5) is 30.1. The molecule has 0 unspecified atom stereocenters. The second-order valence-electron chi connectivity index (χ2n) is 13.3. The van der Waals surface area contributed by atoms with Crippen LogP contribution in [0.4, 0.5) is 11.6 Å². The van der Waals surface area contributed by atoms with Crippen molar-refractivity contribution in [1.29, 1.82) is 0 Å². The predicted molar refractivity (Wildman–Crippen MR) is 169 cm³/mol. The quantitative estimate of drug-likeness (QED) is 0.384. The fourth-order valence-electron chi connectivity index (χ4n) is 6.07. The molecule has 1 fully saturated rings. The number of aromatic nitrogens is 3. The summed E-state index contributed by atoms with van der Waals surface area (Å²) in [6, 6.07) is 14.1. The minimum absolute atomic E-state index is 0.196. The van der Waals surface area contributed by atoms with Gasteiger partial charge in [-0.25, -0.2) is 14.7 Å². The van der Waals surface area contributed by atoms with Crippen molar-refractivity contribution >= 4 is 27.6 Å². The fourth-order valence-corrected chi connectivity index (χ4v) is 7.00. The molecule has 0 aromatic carbocycles. The second-order valence-corrected chi connectivity index (χ2v) is 15.0. The van der Waals surface area contributed by atoms with Gasteiger partial charge in [-0.1, -0.05) is 32.9 Å².